The molecule has 0 saturated carbocycles. The third-order valence-corrected chi connectivity index (χ3v) is 4.20. The summed E-state index contributed by atoms with van der Waals surface area (Å²) in [7, 11) is 0. The smallest absolute Gasteiger partial charge is 0.227 e. The quantitative estimate of drug-likeness (QED) is 0.918. The summed E-state index contributed by atoms with van der Waals surface area (Å²) in [4.78, 5) is 17.7. The third kappa shape index (κ3) is 3.10. The number of para-hydroxylation sites is 1. The van der Waals surface area contributed by atoms with Gasteiger partial charge in [-0.1, -0.05) is 18.2 Å². The van der Waals surface area contributed by atoms with Crippen molar-refractivity contribution >= 4 is 16.8 Å². The minimum atomic E-state index is 0.178. The molecule has 1 N–H and O–H groups in total. The van der Waals surface area contributed by atoms with Crippen molar-refractivity contribution in [2.45, 2.75) is 32.3 Å². The highest BCUT2D eigenvalue weighted by atomic mass is 16.5. The molecule has 0 spiro atoms. The number of fused-ring (bicyclic) bond motifs is 1. The van der Waals surface area contributed by atoms with Crippen LogP contribution in [0, 0.1) is 0 Å². The largest absolute Gasteiger partial charge is 0.376 e. The molecule has 3 rings (SSSR count). The Hall–Kier alpha value is -1.81. The monoisotopic (exact) mass is 286 g/mol. The molecule has 1 aliphatic heterocycles. The summed E-state index contributed by atoms with van der Waals surface area (Å²) in [5, 5.41) is 1.14. The number of carbonyl (C=O) groups excluding carboxylic acids is 1. The van der Waals surface area contributed by atoms with Crippen LogP contribution < -0.4 is 0 Å². The molecule has 0 radical (unpaired) electrons. The van der Waals surface area contributed by atoms with Crippen molar-refractivity contribution in [3.8, 4) is 0 Å². The maximum atomic E-state index is 12.5. The maximum absolute atomic E-state index is 12.5. The van der Waals surface area contributed by atoms with E-state index >= 15 is 0 Å². The first-order valence-electron chi connectivity index (χ1n) is 7.72. The van der Waals surface area contributed by atoms with Crippen LogP contribution in [0.4, 0.5) is 0 Å². The van der Waals surface area contributed by atoms with Gasteiger partial charge < -0.3 is 14.6 Å². The number of aromatic nitrogens is 1. The van der Waals surface area contributed by atoms with E-state index in [1.165, 1.54) is 0 Å². The Morgan fingerprint density at radius 1 is 1.43 bits per heavy atom. The van der Waals surface area contributed by atoms with Crippen LogP contribution in [0.25, 0.3) is 10.9 Å². The van der Waals surface area contributed by atoms with E-state index in [1.54, 1.807) is 0 Å². The van der Waals surface area contributed by atoms with Gasteiger partial charge in [0.2, 0.25) is 5.91 Å². The minimum Gasteiger partial charge on any atom is -0.376 e. The van der Waals surface area contributed by atoms with E-state index in [0.717, 1.165) is 49.0 Å². The molecule has 1 amide bonds. The second-order valence-electron chi connectivity index (χ2n) is 5.60. The van der Waals surface area contributed by atoms with E-state index in [0.29, 0.717) is 6.42 Å². The van der Waals surface area contributed by atoms with Crippen LogP contribution in [-0.4, -0.2) is 41.6 Å². The van der Waals surface area contributed by atoms with E-state index in [2.05, 4.69) is 11.1 Å². The number of hydrogen-bond donors (Lipinski definition) is 1. The fourth-order valence-electron chi connectivity index (χ4n) is 2.99. The molecular formula is C17H22N2O2. The van der Waals surface area contributed by atoms with Crippen LogP contribution in [0.2, 0.25) is 0 Å². The van der Waals surface area contributed by atoms with Gasteiger partial charge in [-0.05, 0) is 31.4 Å². The zero-order valence-corrected chi connectivity index (χ0v) is 12.5. The van der Waals surface area contributed by atoms with E-state index in [1.807, 2.05) is 36.2 Å². The molecule has 0 bridgehead atoms. The molecular weight excluding hydrogens is 264 g/mol. The summed E-state index contributed by atoms with van der Waals surface area (Å²) in [6, 6.07) is 8.10. The molecule has 1 fully saturated rings. The highest BCUT2D eigenvalue weighted by Crippen LogP contribution is 2.19. The third-order valence-electron chi connectivity index (χ3n) is 4.20. The predicted molar refractivity (Wildman–Crippen MR) is 83.2 cm³/mol. The van der Waals surface area contributed by atoms with Crippen LogP contribution in [0.5, 0.6) is 0 Å². The minimum absolute atomic E-state index is 0.178. The number of hydrogen-bond acceptors (Lipinski definition) is 2. The summed E-state index contributed by atoms with van der Waals surface area (Å²) in [6.07, 6.45) is 4.79. The lowest BCUT2D eigenvalue weighted by Gasteiger charge is -2.24. The Balaban J connectivity index is 1.69. The van der Waals surface area contributed by atoms with Crippen molar-refractivity contribution in [1.29, 1.82) is 0 Å². The van der Waals surface area contributed by atoms with Crippen molar-refractivity contribution < 1.29 is 9.53 Å². The van der Waals surface area contributed by atoms with Gasteiger partial charge in [0, 0.05) is 36.8 Å². The summed E-state index contributed by atoms with van der Waals surface area (Å²) in [5.41, 5.74) is 2.16. The molecule has 4 nitrogen and oxygen atoms in total. The molecule has 0 aliphatic carbocycles. The van der Waals surface area contributed by atoms with Gasteiger partial charge in [-0.3, -0.25) is 4.79 Å². The molecule has 1 atom stereocenters. The number of carbonyl (C=O) groups is 1. The van der Waals surface area contributed by atoms with Gasteiger partial charge in [0.1, 0.15) is 0 Å². The number of H-pyrrole nitrogens is 1. The molecule has 1 aromatic heterocycles. The maximum Gasteiger partial charge on any atom is 0.227 e. The van der Waals surface area contributed by atoms with E-state index in [9.17, 15) is 4.79 Å². The Bertz CT molecular complexity index is 614. The van der Waals surface area contributed by atoms with Crippen LogP contribution in [0.1, 0.15) is 25.3 Å². The van der Waals surface area contributed by atoms with Crippen LogP contribution >= 0.6 is 0 Å². The standard InChI is InChI=1S/C17H22N2O2/c1-2-19(12-14-6-5-9-21-14)17(20)10-13-11-18-16-8-4-3-7-15(13)16/h3-4,7-8,11,14,18H,2,5-6,9-10,12H2,1H3/t14-/m0/s1. The first-order chi connectivity index (χ1) is 10.3. The normalized spacial score (nSPS) is 18.2. The molecule has 2 heterocycles. The lowest BCUT2D eigenvalue weighted by atomic mass is 10.1. The number of amides is 1. The fraction of sp³-hybridized carbons (Fsp3) is 0.471. The van der Waals surface area contributed by atoms with Crippen molar-refractivity contribution in [1.82, 2.24) is 9.88 Å². The summed E-state index contributed by atoms with van der Waals surface area (Å²) >= 11 is 0. The SMILES string of the molecule is CCN(C[C@@H]1CCCO1)C(=O)Cc1c[nH]c2ccccc12. The van der Waals surface area contributed by atoms with Crippen molar-refractivity contribution in [2.75, 3.05) is 19.7 Å². The molecule has 1 aromatic carbocycles. The first-order valence-corrected chi connectivity index (χ1v) is 7.72. The van der Waals surface area contributed by atoms with Crippen LogP contribution in [0.3, 0.4) is 0 Å². The molecule has 0 unspecified atom stereocenters. The number of benzene rings is 1. The zero-order valence-electron chi connectivity index (χ0n) is 12.5. The van der Waals surface area contributed by atoms with Crippen molar-refractivity contribution in [3.05, 3.63) is 36.0 Å². The molecule has 4 heteroatoms. The van der Waals surface area contributed by atoms with Crippen LogP contribution in [0.15, 0.2) is 30.5 Å². The first kappa shape index (κ1) is 14.1. The number of nitrogens with zero attached hydrogens (tertiary/aromatic N) is 1. The Morgan fingerprint density at radius 3 is 3.05 bits per heavy atom. The van der Waals surface area contributed by atoms with Gasteiger partial charge in [-0.15, -0.1) is 0 Å². The molecule has 2 aromatic rings. The lowest BCUT2D eigenvalue weighted by molar-refractivity contribution is -0.131. The second-order valence-corrected chi connectivity index (χ2v) is 5.60. The van der Waals surface area contributed by atoms with Gasteiger partial charge in [-0.25, -0.2) is 0 Å². The number of nitrogens with one attached hydrogen (secondary N) is 1. The number of ether oxygens (including phenoxy) is 1. The summed E-state index contributed by atoms with van der Waals surface area (Å²) in [5.74, 6) is 0.178. The van der Waals surface area contributed by atoms with Crippen LogP contribution in [-0.2, 0) is 16.0 Å². The Kier molecular flexibility index (Phi) is 4.25. The predicted octanol–water partition coefficient (Wildman–Crippen LogP) is 2.74. The average molecular weight is 286 g/mol. The molecule has 1 aliphatic rings. The number of likely N-dealkylation sites (N-methyl/N-ethyl adjacent to an activating group) is 1. The summed E-state index contributed by atoms with van der Waals surface area (Å²) in [6.45, 7) is 4.32. The number of aromatic amines is 1. The highest BCUT2D eigenvalue weighted by Gasteiger charge is 2.22. The topological polar surface area (TPSA) is 45.3 Å². The van der Waals surface area contributed by atoms with Gasteiger partial charge in [-0.2, -0.15) is 0 Å². The Morgan fingerprint density at radius 2 is 2.29 bits per heavy atom. The van der Waals surface area contributed by atoms with Gasteiger partial charge in [0.15, 0.2) is 0 Å². The van der Waals surface area contributed by atoms with Crippen molar-refractivity contribution in [3.63, 3.8) is 0 Å². The van der Waals surface area contributed by atoms with E-state index in [-0.39, 0.29) is 12.0 Å². The van der Waals surface area contributed by atoms with E-state index < -0.39 is 0 Å². The highest BCUT2D eigenvalue weighted by molar-refractivity contribution is 5.88. The molecule has 1 saturated heterocycles. The van der Waals surface area contributed by atoms with Gasteiger partial charge in [0.05, 0.1) is 12.5 Å². The van der Waals surface area contributed by atoms with Gasteiger partial charge >= 0.3 is 0 Å². The number of rotatable bonds is 5. The summed E-state index contributed by atoms with van der Waals surface area (Å²) < 4.78 is 5.64. The zero-order chi connectivity index (χ0) is 14.7. The Labute approximate surface area is 125 Å². The van der Waals surface area contributed by atoms with Gasteiger partial charge in [0.25, 0.3) is 0 Å². The fourth-order valence-corrected chi connectivity index (χ4v) is 2.99. The van der Waals surface area contributed by atoms with E-state index in [4.69, 9.17) is 4.74 Å². The molecule has 112 valence electrons. The average Bonchev–Trinajstić information content (AvgIpc) is 3.15. The lowest BCUT2D eigenvalue weighted by Crippen LogP contribution is -2.38. The van der Waals surface area contributed by atoms with Crippen molar-refractivity contribution in [2.24, 2.45) is 0 Å². The molecule has 21 heavy (non-hydrogen) atoms. The second kappa shape index (κ2) is 6.31.